The van der Waals surface area contributed by atoms with Gasteiger partial charge >= 0.3 is 0 Å². The van der Waals surface area contributed by atoms with Crippen LogP contribution in [0.3, 0.4) is 0 Å². The average Bonchev–Trinajstić information content (AvgIpc) is 2.72. The first-order valence-corrected chi connectivity index (χ1v) is 6.35. The number of nitrogen functional groups attached to an aromatic ring is 1. The lowest BCUT2D eigenvalue weighted by molar-refractivity contribution is 0.410. The first kappa shape index (κ1) is 14.3. The number of benzene rings is 1. The Morgan fingerprint density at radius 2 is 2.05 bits per heavy atom. The molecule has 2 N–H and O–H groups in total. The van der Waals surface area contributed by atoms with E-state index in [0.29, 0.717) is 17.1 Å². The maximum Gasteiger partial charge on any atom is 0.169 e. The van der Waals surface area contributed by atoms with E-state index in [1.807, 2.05) is 20.8 Å². The first-order valence-electron chi connectivity index (χ1n) is 6.35. The Kier molecular flexibility index (Phi) is 3.65. The highest BCUT2D eigenvalue weighted by molar-refractivity contribution is 5.38. The van der Waals surface area contributed by atoms with Crippen molar-refractivity contribution in [1.82, 2.24) is 15.0 Å². The highest BCUT2D eigenvalue weighted by Gasteiger charge is 2.24. The summed E-state index contributed by atoms with van der Waals surface area (Å²) < 4.78 is 20.6. The number of hydrogen-bond donors (Lipinski definition) is 1. The number of nitrogens with two attached hydrogens (primary N) is 1. The third-order valence-corrected chi connectivity index (χ3v) is 3.05. The summed E-state index contributed by atoms with van der Waals surface area (Å²) in [4.78, 5) is 0. The van der Waals surface area contributed by atoms with E-state index < -0.39 is 0 Å². The number of rotatable bonds is 3. The fraction of sp³-hybridized carbons (Fsp3) is 0.429. The molecule has 1 aromatic carbocycles. The zero-order chi connectivity index (χ0) is 14.9. The highest BCUT2D eigenvalue weighted by atomic mass is 19.1. The van der Waals surface area contributed by atoms with E-state index in [4.69, 9.17) is 10.5 Å². The van der Waals surface area contributed by atoms with Gasteiger partial charge in [0, 0.05) is 17.0 Å². The lowest BCUT2D eigenvalue weighted by atomic mass is 9.91. The predicted molar refractivity (Wildman–Crippen MR) is 75.2 cm³/mol. The van der Waals surface area contributed by atoms with Gasteiger partial charge in [-0.05, 0) is 6.07 Å². The average molecular weight is 278 g/mol. The molecule has 0 atom stereocenters. The molecule has 2 rings (SSSR count). The van der Waals surface area contributed by atoms with Crippen molar-refractivity contribution in [2.24, 2.45) is 0 Å². The molecule has 0 aliphatic carbocycles. The third-order valence-electron chi connectivity index (χ3n) is 3.05. The van der Waals surface area contributed by atoms with Crippen LogP contribution in [0.5, 0.6) is 5.75 Å². The number of nitrogens with zero attached hydrogens (tertiary/aromatic N) is 3. The zero-order valence-corrected chi connectivity index (χ0v) is 12.1. The number of aromatic nitrogens is 3. The molecule has 0 bridgehead atoms. The van der Waals surface area contributed by atoms with Gasteiger partial charge in [0.15, 0.2) is 5.82 Å². The molecule has 0 aliphatic heterocycles. The van der Waals surface area contributed by atoms with Crippen molar-refractivity contribution in [2.75, 3.05) is 12.8 Å². The van der Waals surface area contributed by atoms with Crippen LogP contribution in [0.25, 0.3) is 0 Å². The topological polar surface area (TPSA) is 66.0 Å². The Morgan fingerprint density at radius 3 is 2.60 bits per heavy atom. The molecule has 0 fully saturated rings. The molecule has 0 unspecified atom stereocenters. The predicted octanol–water partition coefficient (Wildman–Crippen LogP) is 2.35. The van der Waals surface area contributed by atoms with Crippen molar-refractivity contribution >= 4 is 5.82 Å². The van der Waals surface area contributed by atoms with Crippen LogP contribution in [0.4, 0.5) is 10.2 Å². The van der Waals surface area contributed by atoms with Crippen LogP contribution < -0.4 is 10.5 Å². The van der Waals surface area contributed by atoms with Crippen molar-refractivity contribution in [3.63, 3.8) is 0 Å². The summed E-state index contributed by atoms with van der Waals surface area (Å²) in [7, 11) is 1.50. The van der Waals surface area contributed by atoms with Crippen molar-refractivity contribution < 1.29 is 9.13 Å². The lowest BCUT2D eigenvalue weighted by Gasteiger charge is -2.20. The summed E-state index contributed by atoms with van der Waals surface area (Å²) in [5.41, 5.74) is 6.96. The molecule has 0 saturated carbocycles. The van der Waals surface area contributed by atoms with Crippen LogP contribution >= 0.6 is 0 Å². The Balaban J connectivity index is 2.36. The summed E-state index contributed by atoms with van der Waals surface area (Å²) in [6.45, 7) is 6.33. The number of methoxy groups -OCH3 is 1. The van der Waals surface area contributed by atoms with Crippen LogP contribution in [0.15, 0.2) is 18.2 Å². The standard InChI is InChI=1S/C14H19FN4O/c1-14(2,3)12-13(16)17-18-19(12)8-9-5-6-10(20-4)7-11(9)15/h5-7H,8,16H2,1-4H3. The van der Waals surface area contributed by atoms with E-state index >= 15 is 0 Å². The van der Waals surface area contributed by atoms with Gasteiger partial charge in [-0.2, -0.15) is 0 Å². The molecular formula is C14H19FN4O. The van der Waals surface area contributed by atoms with Gasteiger partial charge in [0.2, 0.25) is 0 Å². The van der Waals surface area contributed by atoms with E-state index in [0.717, 1.165) is 5.69 Å². The first-order chi connectivity index (χ1) is 9.32. The molecule has 2 aromatic rings. The Morgan fingerprint density at radius 1 is 1.35 bits per heavy atom. The summed E-state index contributed by atoms with van der Waals surface area (Å²) >= 11 is 0. The van der Waals surface area contributed by atoms with Crippen molar-refractivity contribution in [3.05, 3.63) is 35.3 Å². The molecule has 20 heavy (non-hydrogen) atoms. The molecular weight excluding hydrogens is 259 g/mol. The van der Waals surface area contributed by atoms with E-state index in [2.05, 4.69) is 10.3 Å². The quantitative estimate of drug-likeness (QED) is 0.936. The number of halogens is 1. The maximum absolute atomic E-state index is 14.0. The molecule has 108 valence electrons. The van der Waals surface area contributed by atoms with Crippen molar-refractivity contribution in [3.8, 4) is 5.75 Å². The fourth-order valence-electron chi connectivity index (χ4n) is 2.15. The Hall–Kier alpha value is -2.11. The van der Waals surface area contributed by atoms with Gasteiger partial charge in [0.1, 0.15) is 11.6 Å². The third kappa shape index (κ3) is 2.74. The summed E-state index contributed by atoms with van der Waals surface area (Å²) in [6.07, 6.45) is 0. The number of hydrogen-bond acceptors (Lipinski definition) is 4. The second kappa shape index (κ2) is 5.11. The largest absolute Gasteiger partial charge is 0.497 e. The molecule has 1 heterocycles. The molecule has 0 amide bonds. The minimum absolute atomic E-state index is 0.212. The number of anilines is 1. The van der Waals surface area contributed by atoms with E-state index in [1.165, 1.54) is 13.2 Å². The number of ether oxygens (including phenoxy) is 1. The molecule has 5 nitrogen and oxygen atoms in total. The highest BCUT2D eigenvalue weighted by Crippen LogP contribution is 2.27. The van der Waals surface area contributed by atoms with Gasteiger partial charge in [-0.15, -0.1) is 5.10 Å². The SMILES string of the molecule is COc1ccc(Cn2nnc(N)c2C(C)(C)C)c(F)c1. The van der Waals surface area contributed by atoms with Gasteiger partial charge in [-0.3, -0.25) is 0 Å². The molecule has 0 radical (unpaired) electrons. The second-order valence-corrected chi connectivity index (χ2v) is 5.69. The van der Waals surface area contributed by atoms with Crippen LogP contribution in [0.1, 0.15) is 32.0 Å². The van der Waals surface area contributed by atoms with E-state index in [1.54, 1.807) is 16.8 Å². The van der Waals surface area contributed by atoms with Gasteiger partial charge in [-0.1, -0.05) is 32.1 Å². The molecule has 1 aromatic heterocycles. The maximum atomic E-state index is 14.0. The van der Waals surface area contributed by atoms with Gasteiger partial charge in [0.05, 0.1) is 19.3 Å². The van der Waals surface area contributed by atoms with E-state index in [-0.39, 0.29) is 17.8 Å². The Bertz CT molecular complexity index is 616. The van der Waals surface area contributed by atoms with Crippen LogP contribution in [-0.2, 0) is 12.0 Å². The minimum atomic E-state index is -0.335. The summed E-state index contributed by atoms with van der Waals surface area (Å²) in [5, 5.41) is 7.89. The second-order valence-electron chi connectivity index (χ2n) is 5.69. The van der Waals surface area contributed by atoms with Crippen molar-refractivity contribution in [2.45, 2.75) is 32.7 Å². The minimum Gasteiger partial charge on any atom is -0.497 e. The lowest BCUT2D eigenvalue weighted by Crippen LogP contribution is -2.20. The monoisotopic (exact) mass is 278 g/mol. The summed E-state index contributed by atoms with van der Waals surface area (Å²) in [5.74, 6) is 0.532. The van der Waals surface area contributed by atoms with Crippen LogP contribution in [0.2, 0.25) is 0 Å². The van der Waals surface area contributed by atoms with Crippen molar-refractivity contribution in [1.29, 1.82) is 0 Å². The fourth-order valence-corrected chi connectivity index (χ4v) is 2.15. The molecule has 0 aliphatic rings. The van der Waals surface area contributed by atoms with E-state index in [9.17, 15) is 4.39 Å². The van der Waals surface area contributed by atoms with Gasteiger partial charge in [-0.25, -0.2) is 9.07 Å². The molecule has 6 heteroatoms. The van der Waals surface area contributed by atoms with Gasteiger partial charge < -0.3 is 10.5 Å². The normalized spacial score (nSPS) is 11.7. The zero-order valence-electron chi connectivity index (χ0n) is 12.1. The van der Waals surface area contributed by atoms with Gasteiger partial charge in [0.25, 0.3) is 0 Å². The van der Waals surface area contributed by atoms with Crippen LogP contribution in [0, 0.1) is 5.82 Å². The summed E-state index contributed by atoms with van der Waals surface area (Å²) in [6, 6.07) is 4.75. The smallest absolute Gasteiger partial charge is 0.169 e. The molecule has 0 spiro atoms. The molecule has 0 saturated heterocycles. The Labute approximate surface area is 117 Å². The van der Waals surface area contributed by atoms with Crippen LogP contribution in [-0.4, -0.2) is 22.1 Å².